The smallest absolute Gasteiger partial charge is 0.265 e. The number of ether oxygens (including phenoxy) is 1. The average Bonchev–Trinajstić information content (AvgIpc) is 3.00. The summed E-state index contributed by atoms with van der Waals surface area (Å²) in [6, 6.07) is 7.84. The third-order valence-corrected chi connectivity index (χ3v) is 6.14. The lowest BCUT2D eigenvalue weighted by Crippen LogP contribution is -2.25. The van der Waals surface area contributed by atoms with Gasteiger partial charge in [0, 0.05) is 29.9 Å². The van der Waals surface area contributed by atoms with Crippen molar-refractivity contribution in [1.82, 2.24) is 5.16 Å². The van der Waals surface area contributed by atoms with Crippen LogP contribution in [-0.4, -0.2) is 33.6 Å². The third-order valence-electron chi connectivity index (χ3n) is 4.26. The Balaban J connectivity index is 2.17. The largest absolute Gasteiger partial charge is 0.495 e. The first-order chi connectivity index (χ1) is 13.1. The topological polar surface area (TPSA) is 102 Å². The van der Waals surface area contributed by atoms with Gasteiger partial charge in [0.1, 0.15) is 10.6 Å². The van der Waals surface area contributed by atoms with Gasteiger partial charge in [0.2, 0.25) is 5.91 Å². The summed E-state index contributed by atoms with van der Waals surface area (Å²) in [5.74, 6) is -0.0736. The summed E-state index contributed by atoms with van der Waals surface area (Å²) in [4.78, 5) is 13.2. The fourth-order valence-corrected chi connectivity index (χ4v) is 4.46. The molecule has 1 aromatic heterocycles. The molecule has 0 radical (unpaired) electrons. The standard InChI is InChI=1S/C18H18BrN3O5S/c1-10-13-8-14(15(22(3)11(2)23)9-17(13)27-20-10)21-28(24,25)18-7-12(19)5-6-16(18)26-4/h5-9,21H,1-4H3. The van der Waals surface area contributed by atoms with Crippen LogP contribution in [0.1, 0.15) is 12.6 Å². The predicted octanol–water partition coefficient (Wildman–Crippen LogP) is 3.69. The molecule has 0 bridgehead atoms. The van der Waals surface area contributed by atoms with Crippen LogP contribution in [0.5, 0.6) is 5.75 Å². The molecule has 1 N–H and O–H groups in total. The van der Waals surface area contributed by atoms with E-state index in [1.165, 1.54) is 25.0 Å². The Morgan fingerprint density at radius 1 is 1.29 bits per heavy atom. The maximum absolute atomic E-state index is 13.1. The van der Waals surface area contributed by atoms with Crippen molar-refractivity contribution in [3.05, 3.63) is 40.5 Å². The van der Waals surface area contributed by atoms with Crippen LogP contribution in [0, 0.1) is 6.92 Å². The Morgan fingerprint density at radius 3 is 2.64 bits per heavy atom. The first-order valence-corrected chi connectivity index (χ1v) is 10.4. The number of benzene rings is 2. The van der Waals surface area contributed by atoms with E-state index in [0.717, 1.165) is 0 Å². The van der Waals surface area contributed by atoms with Crippen LogP contribution < -0.4 is 14.4 Å². The normalized spacial score (nSPS) is 11.5. The number of sulfonamides is 1. The number of methoxy groups -OCH3 is 1. The van der Waals surface area contributed by atoms with Crippen LogP contribution in [0.25, 0.3) is 11.0 Å². The van der Waals surface area contributed by atoms with Gasteiger partial charge in [0.15, 0.2) is 5.58 Å². The summed E-state index contributed by atoms with van der Waals surface area (Å²) in [5, 5.41) is 4.53. The van der Waals surface area contributed by atoms with E-state index in [2.05, 4.69) is 25.8 Å². The van der Waals surface area contributed by atoms with Crippen molar-refractivity contribution in [2.24, 2.45) is 0 Å². The number of hydrogen-bond acceptors (Lipinski definition) is 6. The van der Waals surface area contributed by atoms with Crippen LogP contribution >= 0.6 is 15.9 Å². The lowest BCUT2D eigenvalue weighted by molar-refractivity contribution is -0.116. The summed E-state index contributed by atoms with van der Waals surface area (Å²) < 4.78 is 39.7. The molecule has 28 heavy (non-hydrogen) atoms. The van der Waals surface area contributed by atoms with E-state index < -0.39 is 10.0 Å². The Bertz CT molecular complexity index is 1170. The fraction of sp³-hybridized carbons (Fsp3) is 0.222. The van der Waals surface area contributed by atoms with Crippen LogP contribution in [-0.2, 0) is 14.8 Å². The second kappa shape index (κ2) is 7.44. The van der Waals surface area contributed by atoms with Crippen LogP contribution in [0.4, 0.5) is 11.4 Å². The molecule has 0 atom stereocenters. The monoisotopic (exact) mass is 467 g/mol. The number of hydrogen-bond donors (Lipinski definition) is 1. The number of fused-ring (bicyclic) bond motifs is 1. The maximum atomic E-state index is 13.1. The van der Waals surface area contributed by atoms with Crippen molar-refractivity contribution < 1.29 is 22.5 Å². The highest BCUT2D eigenvalue weighted by molar-refractivity contribution is 9.10. The van der Waals surface area contributed by atoms with Gasteiger partial charge in [-0.15, -0.1) is 0 Å². The van der Waals surface area contributed by atoms with Gasteiger partial charge in [-0.2, -0.15) is 0 Å². The van der Waals surface area contributed by atoms with Crippen LogP contribution in [0.15, 0.2) is 44.2 Å². The number of carbonyl (C=O) groups excluding carboxylic acids is 1. The molecular weight excluding hydrogens is 450 g/mol. The van der Waals surface area contributed by atoms with Gasteiger partial charge >= 0.3 is 0 Å². The molecule has 10 heteroatoms. The van der Waals surface area contributed by atoms with Crippen LogP contribution in [0.2, 0.25) is 0 Å². The number of halogens is 1. The van der Waals surface area contributed by atoms with E-state index in [4.69, 9.17) is 9.26 Å². The highest BCUT2D eigenvalue weighted by Gasteiger charge is 2.24. The highest BCUT2D eigenvalue weighted by Crippen LogP contribution is 2.35. The zero-order valence-corrected chi connectivity index (χ0v) is 18.0. The maximum Gasteiger partial charge on any atom is 0.265 e. The highest BCUT2D eigenvalue weighted by atomic mass is 79.9. The van der Waals surface area contributed by atoms with E-state index >= 15 is 0 Å². The summed E-state index contributed by atoms with van der Waals surface area (Å²) in [6.07, 6.45) is 0. The molecular formula is C18H18BrN3O5S. The molecule has 0 spiro atoms. The van der Waals surface area contributed by atoms with Gasteiger partial charge in [0.25, 0.3) is 10.0 Å². The molecule has 2 aromatic carbocycles. The average molecular weight is 468 g/mol. The van der Waals surface area contributed by atoms with Gasteiger partial charge in [0.05, 0.1) is 24.2 Å². The van der Waals surface area contributed by atoms with Crippen LogP contribution in [0.3, 0.4) is 0 Å². The Hall–Kier alpha value is -2.59. The number of nitrogens with one attached hydrogen (secondary N) is 1. The van der Waals surface area contributed by atoms with E-state index in [-0.39, 0.29) is 22.2 Å². The first-order valence-electron chi connectivity index (χ1n) is 8.14. The molecule has 148 valence electrons. The second-order valence-corrected chi connectivity index (χ2v) is 8.68. The minimum absolute atomic E-state index is 0.0389. The molecule has 1 amide bonds. The summed E-state index contributed by atoms with van der Waals surface area (Å²) in [5.41, 5.74) is 1.61. The Labute approximate surface area is 170 Å². The zero-order chi connectivity index (χ0) is 20.6. The number of carbonyl (C=O) groups is 1. The van der Waals surface area contributed by atoms with E-state index in [1.54, 1.807) is 38.2 Å². The SMILES string of the molecule is COc1ccc(Br)cc1S(=O)(=O)Nc1cc2c(C)noc2cc1N(C)C(C)=O. The molecule has 0 aliphatic heterocycles. The molecule has 3 aromatic rings. The summed E-state index contributed by atoms with van der Waals surface area (Å²) in [7, 11) is -1.08. The van der Waals surface area contributed by atoms with Crippen molar-refractivity contribution in [2.45, 2.75) is 18.7 Å². The number of aromatic nitrogens is 1. The van der Waals surface area contributed by atoms with Gasteiger partial charge in [-0.25, -0.2) is 8.42 Å². The minimum Gasteiger partial charge on any atom is -0.495 e. The number of anilines is 2. The number of nitrogens with zero attached hydrogens (tertiary/aromatic N) is 2. The quantitative estimate of drug-likeness (QED) is 0.613. The molecule has 1 heterocycles. The minimum atomic E-state index is -4.02. The molecule has 0 aliphatic carbocycles. The lowest BCUT2D eigenvalue weighted by atomic mass is 10.1. The van der Waals surface area contributed by atoms with E-state index in [0.29, 0.717) is 26.8 Å². The third kappa shape index (κ3) is 3.69. The molecule has 0 saturated heterocycles. The van der Waals surface area contributed by atoms with Gasteiger partial charge in [-0.05, 0) is 31.2 Å². The molecule has 0 unspecified atom stereocenters. The number of aryl methyl sites for hydroxylation is 1. The number of amides is 1. The predicted molar refractivity (Wildman–Crippen MR) is 109 cm³/mol. The van der Waals surface area contributed by atoms with Crippen molar-refractivity contribution in [2.75, 3.05) is 23.8 Å². The van der Waals surface area contributed by atoms with Gasteiger partial charge in [-0.1, -0.05) is 21.1 Å². The van der Waals surface area contributed by atoms with E-state index in [9.17, 15) is 13.2 Å². The van der Waals surface area contributed by atoms with Crippen molar-refractivity contribution in [1.29, 1.82) is 0 Å². The van der Waals surface area contributed by atoms with Gasteiger partial charge in [-0.3, -0.25) is 9.52 Å². The summed E-state index contributed by atoms with van der Waals surface area (Å²) in [6.45, 7) is 3.13. The molecule has 0 fully saturated rings. The molecule has 3 rings (SSSR count). The summed E-state index contributed by atoms with van der Waals surface area (Å²) >= 11 is 3.28. The lowest BCUT2D eigenvalue weighted by Gasteiger charge is -2.20. The fourth-order valence-electron chi connectivity index (χ4n) is 2.68. The zero-order valence-electron chi connectivity index (χ0n) is 15.6. The van der Waals surface area contributed by atoms with Gasteiger partial charge < -0.3 is 14.2 Å². The second-order valence-electron chi connectivity index (χ2n) is 6.11. The van der Waals surface area contributed by atoms with E-state index in [1.807, 2.05) is 0 Å². The first kappa shape index (κ1) is 20.2. The van der Waals surface area contributed by atoms with Crippen molar-refractivity contribution >= 4 is 54.2 Å². The van der Waals surface area contributed by atoms with Crippen molar-refractivity contribution in [3.63, 3.8) is 0 Å². The van der Waals surface area contributed by atoms with Crippen molar-refractivity contribution in [3.8, 4) is 5.75 Å². The number of rotatable bonds is 5. The molecule has 8 nitrogen and oxygen atoms in total. The Kier molecular flexibility index (Phi) is 5.35. The molecule has 0 saturated carbocycles. The Morgan fingerprint density at radius 2 is 2.00 bits per heavy atom. The molecule has 0 aliphatic rings.